The number of amides is 2. The van der Waals surface area contributed by atoms with Gasteiger partial charge in [-0.1, -0.05) is 17.7 Å². The Morgan fingerprint density at radius 1 is 1.13 bits per heavy atom. The molecule has 0 bridgehead atoms. The molecule has 0 aliphatic rings. The highest BCUT2D eigenvalue weighted by Gasteiger charge is 2.30. The van der Waals surface area contributed by atoms with E-state index in [-0.39, 0.29) is 18.5 Å². The lowest BCUT2D eigenvalue weighted by atomic mass is 10.2. The third kappa shape index (κ3) is 7.40. The van der Waals surface area contributed by atoms with Crippen molar-refractivity contribution in [1.29, 1.82) is 0 Å². The zero-order chi connectivity index (χ0) is 22.1. The number of hydrogen-bond acceptors (Lipinski definition) is 4. The Bertz CT molecular complexity index is 933. The molecule has 2 rings (SSSR count). The average Bonchev–Trinajstić information content (AvgIpc) is 2.68. The standard InChI is InChI=1S/C20H19ClF3N3O3/c1-2-30-17-7-6-15(21)10-13(17)12-25-27-19(29)9-8-18(28)26-16-5-3-4-14(11-16)20(22,23)24/h3-7,10-12H,2,8-9H2,1H3,(H,26,28)(H,27,29). The molecule has 10 heteroatoms. The second-order valence-electron chi connectivity index (χ2n) is 6.04. The summed E-state index contributed by atoms with van der Waals surface area (Å²) in [4.78, 5) is 23.7. The lowest BCUT2D eigenvalue weighted by molar-refractivity contribution is -0.137. The number of nitrogens with one attached hydrogen (secondary N) is 2. The molecule has 0 spiro atoms. The smallest absolute Gasteiger partial charge is 0.416 e. The quantitative estimate of drug-likeness (QED) is 0.463. The summed E-state index contributed by atoms with van der Waals surface area (Å²) in [5.41, 5.74) is 1.96. The molecule has 2 aromatic carbocycles. The van der Waals surface area contributed by atoms with Gasteiger partial charge in [-0.05, 0) is 43.3 Å². The molecule has 2 aromatic rings. The Labute approximate surface area is 176 Å². The number of rotatable bonds is 8. The van der Waals surface area contributed by atoms with Gasteiger partial charge in [-0.25, -0.2) is 5.43 Å². The van der Waals surface area contributed by atoms with Crippen molar-refractivity contribution in [2.45, 2.75) is 25.9 Å². The summed E-state index contributed by atoms with van der Waals surface area (Å²) in [7, 11) is 0. The number of carbonyl (C=O) groups excluding carboxylic acids is 2. The summed E-state index contributed by atoms with van der Waals surface area (Å²) in [5, 5.41) is 6.61. The molecular weight excluding hydrogens is 423 g/mol. The van der Waals surface area contributed by atoms with Crippen LogP contribution < -0.4 is 15.5 Å². The molecule has 0 saturated carbocycles. The van der Waals surface area contributed by atoms with Crippen molar-refractivity contribution in [2.24, 2.45) is 5.10 Å². The SMILES string of the molecule is CCOc1ccc(Cl)cc1C=NNC(=O)CCC(=O)Nc1cccc(C(F)(F)F)c1. The van der Waals surface area contributed by atoms with Crippen LogP contribution in [0.4, 0.5) is 18.9 Å². The predicted molar refractivity (Wildman–Crippen MR) is 108 cm³/mol. The zero-order valence-corrected chi connectivity index (χ0v) is 16.7. The molecule has 0 fully saturated rings. The van der Waals surface area contributed by atoms with Crippen LogP contribution >= 0.6 is 11.6 Å². The van der Waals surface area contributed by atoms with E-state index >= 15 is 0 Å². The maximum absolute atomic E-state index is 12.7. The van der Waals surface area contributed by atoms with Crippen LogP contribution in [0, 0.1) is 0 Å². The monoisotopic (exact) mass is 441 g/mol. The van der Waals surface area contributed by atoms with Crippen molar-refractivity contribution >= 4 is 35.3 Å². The molecule has 2 amide bonds. The number of halogens is 4. The topological polar surface area (TPSA) is 79.8 Å². The highest BCUT2D eigenvalue weighted by Crippen LogP contribution is 2.30. The first-order chi connectivity index (χ1) is 14.2. The van der Waals surface area contributed by atoms with Gasteiger partial charge in [0.15, 0.2) is 0 Å². The first-order valence-corrected chi connectivity index (χ1v) is 9.28. The highest BCUT2D eigenvalue weighted by atomic mass is 35.5. The summed E-state index contributed by atoms with van der Waals surface area (Å²) >= 11 is 5.93. The number of nitrogens with zero attached hydrogens (tertiary/aromatic N) is 1. The van der Waals surface area contributed by atoms with E-state index in [1.165, 1.54) is 18.3 Å². The minimum absolute atomic E-state index is 0.00216. The molecule has 2 N–H and O–H groups in total. The van der Waals surface area contributed by atoms with E-state index in [1.54, 1.807) is 18.2 Å². The number of carbonyl (C=O) groups is 2. The van der Waals surface area contributed by atoms with Crippen molar-refractivity contribution in [2.75, 3.05) is 11.9 Å². The minimum Gasteiger partial charge on any atom is -0.493 e. The van der Waals surface area contributed by atoms with E-state index < -0.39 is 23.6 Å². The van der Waals surface area contributed by atoms with Gasteiger partial charge < -0.3 is 10.1 Å². The van der Waals surface area contributed by atoms with E-state index in [2.05, 4.69) is 15.8 Å². The van der Waals surface area contributed by atoms with Crippen LogP contribution in [0.2, 0.25) is 5.02 Å². The number of ether oxygens (including phenoxy) is 1. The number of benzene rings is 2. The van der Waals surface area contributed by atoms with Gasteiger partial charge in [0.1, 0.15) is 5.75 Å². The summed E-state index contributed by atoms with van der Waals surface area (Å²) in [6, 6.07) is 9.19. The Hall–Kier alpha value is -3.07. The fourth-order valence-electron chi connectivity index (χ4n) is 2.36. The second-order valence-corrected chi connectivity index (χ2v) is 6.47. The van der Waals surface area contributed by atoms with Crippen LogP contribution in [-0.4, -0.2) is 24.6 Å². The highest BCUT2D eigenvalue weighted by molar-refractivity contribution is 6.30. The third-order valence-electron chi connectivity index (χ3n) is 3.72. The molecule has 30 heavy (non-hydrogen) atoms. The van der Waals surface area contributed by atoms with Gasteiger partial charge in [0, 0.05) is 29.1 Å². The van der Waals surface area contributed by atoms with Gasteiger partial charge in [-0.3, -0.25) is 9.59 Å². The zero-order valence-electron chi connectivity index (χ0n) is 15.9. The summed E-state index contributed by atoms with van der Waals surface area (Å²) in [6.07, 6.45) is -3.57. The van der Waals surface area contributed by atoms with Gasteiger partial charge in [0.05, 0.1) is 18.4 Å². The van der Waals surface area contributed by atoms with Gasteiger partial charge in [0.2, 0.25) is 11.8 Å². The lowest BCUT2D eigenvalue weighted by Gasteiger charge is -2.09. The summed E-state index contributed by atoms with van der Waals surface area (Å²) < 4.78 is 43.5. The maximum Gasteiger partial charge on any atom is 0.416 e. The average molecular weight is 442 g/mol. The summed E-state index contributed by atoms with van der Waals surface area (Å²) in [6.45, 7) is 2.26. The predicted octanol–water partition coefficient (Wildman–Crippen LogP) is 4.63. The van der Waals surface area contributed by atoms with Gasteiger partial charge in [-0.15, -0.1) is 0 Å². The first kappa shape index (κ1) is 23.2. The van der Waals surface area contributed by atoms with Crippen molar-refractivity contribution in [1.82, 2.24) is 5.43 Å². The second kappa shape index (κ2) is 10.6. The summed E-state index contributed by atoms with van der Waals surface area (Å²) in [5.74, 6) is -0.590. The van der Waals surface area contributed by atoms with Crippen LogP contribution in [-0.2, 0) is 15.8 Å². The fourth-order valence-corrected chi connectivity index (χ4v) is 2.54. The van der Waals surface area contributed by atoms with Crippen LogP contribution in [0.1, 0.15) is 30.9 Å². The Morgan fingerprint density at radius 3 is 2.57 bits per heavy atom. The normalized spacial score (nSPS) is 11.4. The minimum atomic E-state index is -4.51. The number of anilines is 1. The van der Waals surface area contributed by atoms with Crippen LogP contribution in [0.5, 0.6) is 5.75 Å². The van der Waals surface area contributed by atoms with Crippen molar-refractivity contribution in [3.05, 3.63) is 58.6 Å². The molecule has 0 radical (unpaired) electrons. The maximum atomic E-state index is 12.7. The Balaban J connectivity index is 1.84. The van der Waals surface area contributed by atoms with Gasteiger partial charge >= 0.3 is 6.18 Å². The molecular formula is C20H19ClF3N3O3. The van der Waals surface area contributed by atoms with Crippen LogP contribution in [0.3, 0.4) is 0 Å². The van der Waals surface area contributed by atoms with Gasteiger partial charge in [0.25, 0.3) is 0 Å². The number of hydrazone groups is 1. The Morgan fingerprint density at radius 2 is 1.87 bits per heavy atom. The number of hydrogen-bond donors (Lipinski definition) is 2. The molecule has 0 atom stereocenters. The molecule has 160 valence electrons. The van der Waals surface area contributed by atoms with Gasteiger partial charge in [-0.2, -0.15) is 18.3 Å². The largest absolute Gasteiger partial charge is 0.493 e. The first-order valence-electron chi connectivity index (χ1n) is 8.90. The van der Waals surface area contributed by atoms with Crippen LogP contribution in [0.15, 0.2) is 47.6 Å². The fraction of sp³-hybridized carbons (Fsp3) is 0.250. The number of alkyl halides is 3. The van der Waals surface area contributed by atoms with Crippen molar-refractivity contribution in [3.8, 4) is 5.75 Å². The molecule has 0 aromatic heterocycles. The molecule has 0 heterocycles. The van der Waals surface area contributed by atoms with Crippen LogP contribution in [0.25, 0.3) is 0 Å². The van der Waals surface area contributed by atoms with Crippen molar-refractivity contribution < 1.29 is 27.5 Å². The molecule has 0 aliphatic heterocycles. The van der Waals surface area contributed by atoms with E-state index in [0.29, 0.717) is 22.9 Å². The lowest BCUT2D eigenvalue weighted by Crippen LogP contribution is -2.20. The van der Waals surface area contributed by atoms with E-state index in [9.17, 15) is 22.8 Å². The molecule has 0 unspecified atom stereocenters. The van der Waals surface area contributed by atoms with E-state index in [0.717, 1.165) is 12.1 Å². The molecule has 0 saturated heterocycles. The third-order valence-corrected chi connectivity index (χ3v) is 3.95. The Kier molecular flexibility index (Phi) is 8.23. The van der Waals surface area contributed by atoms with E-state index in [1.807, 2.05) is 6.92 Å². The molecule has 6 nitrogen and oxygen atoms in total. The molecule has 0 aliphatic carbocycles. The van der Waals surface area contributed by atoms with E-state index in [4.69, 9.17) is 16.3 Å². The van der Waals surface area contributed by atoms with Crippen molar-refractivity contribution in [3.63, 3.8) is 0 Å².